The third-order valence-electron chi connectivity index (χ3n) is 3.54. The SMILES string of the molecule is CN(C)C(CNC(=O)CCc1ccc(F)cc1)c1ccco1. The van der Waals surface area contributed by atoms with E-state index < -0.39 is 0 Å². The highest BCUT2D eigenvalue weighted by Gasteiger charge is 2.17. The standard InChI is InChI=1S/C17H21FN2O2/c1-20(2)15(16-4-3-11-22-16)12-19-17(21)10-7-13-5-8-14(18)9-6-13/h3-6,8-9,11,15H,7,10,12H2,1-2H3,(H,19,21). The minimum Gasteiger partial charge on any atom is -0.468 e. The van der Waals surface area contributed by atoms with Gasteiger partial charge in [-0.3, -0.25) is 9.69 Å². The first-order chi connectivity index (χ1) is 10.6. The van der Waals surface area contributed by atoms with Crippen molar-refractivity contribution in [3.8, 4) is 0 Å². The lowest BCUT2D eigenvalue weighted by atomic mass is 10.1. The van der Waals surface area contributed by atoms with E-state index in [0.717, 1.165) is 11.3 Å². The molecule has 0 spiro atoms. The molecule has 0 aliphatic rings. The summed E-state index contributed by atoms with van der Waals surface area (Å²) in [6, 6.07) is 9.96. The summed E-state index contributed by atoms with van der Waals surface area (Å²) in [5.41, 5.74) is 0.951. The number of likely N-dealkylation sites (N-methyl/N-ethyl adjacent to an activating group) is 1. The third kappa shape index (κ3) is 4.70. The summed E-state index contributed by atoms with van der Waals surface area (Å²) < 4.78 is 18.2. The summed E-state index contributed by atoms with van der Waals surface area (Å²) in [6.07, 6.45) is 2.60. The topological polar surface area (TPSA) is 45.5 Å². The molecule has 5 heteroatoms. The fourth-order valence-electron chi connectivity index (χ4n) is 2.23. The van der Waals surface area contributed by atoms with Crippen molar-refractivity contribution in [3.05, 3.63) is 59.8 Å². The van der Waals surface area contributed by atoms with Gasteiger partial charge in [0.05, 0.1) is 12.3 Å². The molecule has 0 saturated carbocycles. The van der Waals surface area contributed by atoms with Gasteiger partial charge in [0, 0.05) is 13.0 Å². The summed E-state index contributed by atoms with van der Waals surface area (Å²) in [5.74, 6) is 0.534. The van der Waals surface area contributed by atoms with E-state index in [1.54, 1.807) is 18.4 Å². The van der Waals surface area contributed by atoms with Crippen molar-refractivity contribution < 1.29 is 13.6 Å². The number of rotatable bonds is 7. The van der Waals surface area contributed by atoms with E-state index in [1.165, 1.54) is 12.1 Å². The number of nitrogens with zero attached hydrogens (tertiary/aromatic N) is 1. The Morgan fingerprint density at radius 2 is 2.00 bits per heavy atom. The van der Waals surface area contributed by atoms with Crippen LogP contribution in [0.5, 0.6) is 0 Å². The molecule has 2 rings (SSSR count). The van der Waals surface area contributed by atoms with Gasteiger partial charge in [-0.2, -0.15) is 0 Å². The molecule has 1 atom stereocenters. The molecule has 1 aromatic carbocycles. The van der Waals surface area contributed by atoms with E-state index in [9.17, 15) is 9.18 Å². The van der Waals surface area contributed by atoms with Gasteiger partial charge in [0.1, 0.15) is 11.6 Å². The number of amides is 1. The molecular weight excluding hydrogens is 283 g/mol. The summed E-state index contributed by atoms with van der Waals surface area (Å²) in [4.78, 5) is 13.9. The van der Waals surface area contributed by atoms with Crippen LogP contribution in [0.15, 0.2) is 47.1 Å². The van der Waals surface area contributed by atoms with Crippen molar-refractivity contribution in [2.24, 2.45) is 0 Å². The maximum absolute atomic E-state index is 12.8. The molecular formula is C17H21FN2O2. The van der Waals surface area contributed by atoms with E-state index in [4.69, 9.17) is 4.42 Å². The van der Waals surface area contributed by atoms with Crippen LogP contribution in [0, 0.1) is 5.82 Å². The number of benzene rings is 1. The first kappa shape index (κ1) is 16.2. The van der Waals surface area contributed by atoms with Crippen LogP contribution in [-0.4, -0.2) is 31.4 Å². The van der Waals surface area contributed by atoms with E-state index >= 15 is 0 Å². The number of carbonyl (C=O) groups excluding carboxylic acids is 1. The lowest BCUT2D eigenvalue weighted by molar-refractivity contribution is -0.121. The number of aryl methyl sites for hydroxylation is 1. The van der Waals surface area contributed by atoms with Crippen LogP contribution >= 0.6 is 0 Å². The second kappa shape index (κ2) is 7.75. The molecule has 0 aliphatic heterocycles. The Morgan fingerprint density at radius 1 is 1.27 bits per heavy atom. The second-order valence-electron chi connectivity index (χ2n) is 5.43. The molecule has 0 saturated heterocycles. The van der Waals surface area contributed by atoms with Crippen molar-refractivity contribution in [2.45, 2.75) is 18.9 Å². The number of halogens is 1. The summed E-state index contributed by atoms with van der Waals surface area (Å²) in [5, 5.41) is 2.92. The Labute approximate surface area is 129 Å². The van der Waals surface area contributed by atoms with Gasteiger partial charge in [-0.05, 0) is 50.3 Å². The maximum Gasteiger partial charge on any atom is 0.220 e. The fourth-order valence-corrected chi connectivity index (χ4v) is 2.23. The number of hydrogen-bond acceptors (Lipinski definition) is 3. The molecule has 0 fully saturated rings. The van der Waals surface area contributed by atoms with E-state index in [2.05, 4.69) is 5.32 Å². The van der Waals surface area contributed by atoms with Crippen LogP contribution in [0.2, 0.25) is 0 Å². The van der Waals surface area contributed by atoms with Crippen LogP contribution < -0.4 is 5.32 Å². The van der Waals surface area contributed by atoms with Crippen LogP contribution in [0.4, 0.5) is 4.39 Å². The van der Waals surface area contributed by atoms with Crippen LogP contribution in [0.25, 0.3) is 0 Å². The quantitative estimate of drug-likeness (QED) is 0.855. The zero-order valence-electron chi connectivity index (χ0n) is 12.9. The minimum atomic E-state index is -0.263. The molecule has 1 heterocycles. The Morgan fingerprint density at radius 3 is 2.59 bits per heavy atom. The Hall–Kier alpha value is -2.14. The fraction of sp³-hybridized carbons (Fsp3) is 0.353. The van der Waals surface area contributed by atoms with Gasteiger partial charge < -0.3 is 9.73 Å². The van der Waals surface area contributed by atoms with Crippen LogP contribution in [0.1, 0.15) is 23.8 Å². The lowest BCUT2D eigenvalue weighted by Gasteiger charge is -2.22. The zero-order chi connectivity index (χ0) is 15.9. The third-order valence-corrected chi connectivity index (χ3v) is 3.54. The van der Waals surface area contributed by atoms with Crippen molar-refractivity contribution in [1.82, 2.24) is 10.2 Å². The highest BCUT2D eigenvalue weighted by Crippen LogP contribution is 2.17. The Kier molecular flexibility index (Phi) is 5.72. The monoisotopic (exact) mass is 304 g/mol. The first-order valence-corrected chi connectivity index (χ1v) is 7.27. The highest BCUT2D eigenvalue weighted by atomic mass is 19.1. The minimum absolute atomic E-state index is 0.00442. The zero-order valence-corrected chi connectivity index (χ0v) is 12.9. The normalized spacial score (nSPS) is 12.4. The number of hydrogen-bond donors (Lipinski definition) is 1. The number of carbonyl (C=O) groups is 1. The summed E-state index contributed by atoms with van der Waals surface area (Å²) in [6.45, 7) is 0.489. The molecule has 0 radical (unpaired) electrons. The Bertz CT molecular complexity index is 579. The number of furan rings is 1. The lowest BCUT2D eigenvalue weighted by Crippen LogP contribution is -2.34. The molecule has 2 aromatic rings. The second-order valence-corrected chi connectivity index (χ2v) is 5.43. The molecule has 1 amide bonds. The molecule has 0 aliphatic carbocycles. The van der Waals surface area contributed by atoms with Gasteiger partial charge in [0.2, 0.25) is 5.91 Å². The number of nitrogens with one attached hydrogen (secondary N) is 1. The average molecular weight is 304 g/mol. The van der Waals surface area contributed by atoms with Gasteiger partial charge in [-0.25, -0.2) is 4.39 Å². The van der Waals surface area contributed by atoms with Gasteiger partial charge in [0.15, 0.2) is 0 Å². The van der Waals surface area contributed by atoms with E-state index in [-0.39, 0.29) is 17.8 Å². The van der Waals surface area contributed by atoms with Crippen LogP contribution in [0.3, 0.4) is 0 Å². The van der Waals surface area contributed by atoms with Gasteiger partial charge in [0.25, 0.3) is 0 Å². The van der Waals surface area contributed by atoms with Gasteiger partial charge in [-0.15, -0.1) is 0 Å². The molecule has 1 unspecified atom stereocenters. The highest BCUT2D eigenvalue weighted by molar-refractivity contribution is 5.76. The van der Waals surface area contributed by atoms with Crippen LogP contribution in [-0.2, 0) is 11.2 Å². The maximum atomic E-state index is 12.8. The molecule has 1 aromatic heterocycles. The molecule has 118 valence electrons. The molecule has 22 heavy (non-hydrogen) atoms. The largest absolute Gasteiger partial charge is 0.468 e. The van der Waals surface area contributed by atoms with E-state index in [0.29, 0.717) is 19.4 Å². The first-order valence-electron chi connectivity index (χ1n) is 7.27. The van der Waals surface area contributed by atoms with Gasteiger partial charge in [-0.1, -0.05) is 12.1 Å². The molecule has 0 bridgehead atoms. The summed E-state index contributed by atoms with van der Waals surface area (Å²) in [7, 11) is 3.88. The Balaban J connectivity index is 1.80. The average Bonchev–Trinajstić information content (AvgIpc) is 3.00. The summed E-state index contributed by atoms with van der Waals surface area (Å²) >= 11 is 0. The molecule has 1 N–H and O–H groups in total. The molecule has 4 nitrogen and oxygen atoms in total. The van der Waals surface area contributed by atoms with E-state index in [1.807, 2.05) is 31.1 Å². The van der Waals surface area contributed by atoms with Gasteiger partial charge >= 0.3 is 0 Å². The van der Waals surface area contributed by atoms with Crippen molar-refractivity contribution in [2.75, 3.05) is 20.6 Å². The van der Waals surface area contributed by atoms with Crippen molar-refractivity contribution in [3.63, 3.8) is 0 Å². The van der Waals surface area contributed by atoms with Crippen molar-refractivity contribution >= 4 is 5.91 Å². The predicted molar refractivity (Wildman–Crippen MR) is 82.9 cm³/mol. The van der Waals surface area contributed by atoms with Crippen molar-refractivity contribution in [1.29, 1.82) is 0 Å². The smallest absolute Gasteiger partial charge is 0.220 e. The predicted octanol–water partition coefficient (Wildman–Crippen LogP) is 2.77.